The molecule has 0 aliphatic rings. The van der Waals surface area contributed by atoms with E-state index < -0.39 is 0 Å². The summed E-state index contributed by atoms with van der Waals surface area (Å²) in [6.45, 7) is 0. The third kappa shape index (κ3) is 5.57. The highest BCUT2D eigenvalue weighted by Crippen LogP contribution is 2.46. The molecule has 0 saturated heterocycles. The van der Waals surface area contributed by atoms with E-state index in [4.69, 9.17) is 14.4 Å². The van der Waals surface area contributed by atoms with Crippen molar-refractivity contribution in [3.63, 3.8) is 0 Å². The zero-order valence-electron chi connectivity index (χ0n) is 34.0. The average Bonchev–Trinajstić information content (AvgIpc) is 4.01. The van der Waals surface area contributed by atoms with E-state index in [0.29, 0.717) is 5.95 Å². The molecule has 9 aromatic carbocycles. The Morgan fingerprint density at radius 2 is 0.905 bits per heavy atom. The fourth-order valence-corrected chi connectivity index (χ4v) is 9.73. The Labute approximate surface area is 362 Å². The molecule has 5 nitrogen and oxygen atoms in total. The van der Waals surface area contributed by atoms with Gasteiger partial charge in [0.05, 0.1) is 33.5 Å². The smallest absolute Gasteiger partial charge is 0.235 e. The molecule has 13 aromatic rings. The van der Waals surface area contributed by atoms with Crippen molar-refractivity contribution in [2.75, 3.05) is 0 Å². The summed E-state index contributed by atoms with van der Waals surface area (Å²) in [6, 6.07) is 77.4. The van der Waals surface area contributed by atoms with Crippen LogP contribution in [0.25, 0.3) is 122 Å². The van der Waals surface area contributed by atoms with E-state index in [1.807, 2.05) is 24.3 Å². The van der Waals surface area contributed by atoms with Crippen molar-refractivity contribution in [2.24, 2.45) is 0 Å². The first-order chi connectivity index (χ1) is 31.2. The molecule has 63 heavy (non-hydrogen) atoms. The number of hydrogen-bond acceptors (Lipinski definition) is 3. The number of rotatable bonds is 6. The molecule has 4 heterocycles. The van der Waals surface area contributed by atoms with Crippen molar-refractivity contribution in [1.82, 2.24) is 19.1 Å². The highest BCUT2D eigenvalue weighted by atomic mass is 16.3. The largest absolute Gasteiger partial charge is 0.456 e. The average molecular weight is 805 g/mol. The van der Waals surface area contributed by atoms with Crippen LogP contribution in [0.15, 0.2) is 223 Å². The Morgan fingerprint density at radius 3 is 1.63 bits per heavy atom. The molecule has 0 spiro atoms. The fraction of sp³-hybridized carbons (Fsp3) is 0. The summed E-state index contributed by atoms with van der Waals surface area (Å²) in [5, 5.41) is 6.87. The van der Waals surface area contributed by atoms with Crippen LogP contribution in [-0.2, 0) is 0 Å². The van der Waals surface area contributed by atoms with E-state index in [9.17, 15) is 0 Å². The summed E-state index contributed by atoms with van der Waals surface area (Å²) in [5.41, 5.74) is 15.6. The molecule has 0 N–H and O–H groups in total. The molecule has 0 fully saturated rings. The van der Waals surface area contributed by atoms with E-state index in [2.05, 4.69) is 203 Å². The molecule has 0 unspecified atom stereocenters. The second-order valence-electron chi connectivity index (χ2n) is 16.1. The standard InChI is InChI=1S/C58H36N4O/c1-4-17-37(18-5-1)49-36-50(38-19-6-2-7-20-38)60-58(59-49)62-52-28-14-11-25-44(52)57-43(26-16-29-53(57)62)46-35-54-47(41-23-10-13-27-51(41)61(54)40-21-8-3-9-22-40)34-45(46)39-31-32-56-48(33-39)42-24-12-15-30-55(42)63-56/h1-36H. The number of nitrogens with zero attached hydrogens (tertiary/aromatic N) is 4. The van der Waals surface area contributed by atoms with E-state index in [-0.39, 0.29) is 0 Å². The zero-order chi connectivity index (χ0) is 41.4. The quantitative estimate of drug-likeness (QED) is 0.168. The van der Waals surface area contributed by atoms with Gasteiger partial charge in [0.2, 0.25) is 5.95 Å². The molecule has 0 saturated carbocycles. The Hall–Kier alpha value is -8.54. The van der Waals surface area contributed by atoms with Crippen LogP contribution in [0, 0.1) is 0 Å². The molecule has 0 bridgehead atoms. The number of hydrogen-bond donors (Lipinski definition) is 0. The van der Waals surface area contributed by atoms with Crippen LogP contribution in [0.3, 0.4) is 0 Å². The van der Waals surface area contributed by atoms with Crippen LogP contribution in [0.2, 0.25) is 0 Å². The van der Waals surface area contributed by atoms with Gasteiger partial charge >= 0.3 is 0 Å². The molecular weight excluding hydrogens is 769 g/mol. The molecule has 0 aliphatic carbocycles. The first kappa shape index (κ1) is 35.2. The summed E-state index contributed by atoms with van der Waals surface area (Å²) >= 11 is 0. The molecule has 0 atom stereocenters. The number of benzene rings is 9. The minimum absolute atomic E-state index is 0.621. The lowest BCUT2D eigenvalue weighted by Crippen LogP contribution is -2.04. The van der Waals surface area contributed by atoms with E-state index >= 15 is 0 Å². The van der Waals surface area contributed by atoms with E-state index in [0.717, 1.165) is 105 Å². The van der Waals surface area contributed by atoms with Gasteiger partial charge in [0, 0.05) is 49.1 Å². The van der Waals surface area contributed by atoms with Crippen LogP contribution in [-0.4, -0.2) is 19.1 Å². The molecule has 0 amide bonds. The van der Waals surface area contributed by atoms with Gasteiger partial charge in [-0.25, -0.2) is 9.97 Å². The highest BCUT2D eigenvalue weighted by Gasteiger charge is 2.23. The number of fused-ring (bicyclic) bond motifs is 9. The van der Waals surface area contributed by atoms with Crippen molar-refractivity contribution in [2.45, 2.75) is 0 Å². The van der Waals surface area contributed by atoms with Gasteiger partial charge in [-0.05, 0) is 89.0 Å². The SMILES string of the molecule is c1ccc(-c2cc(-c3ccccc3)nc(-n3c4ccccc4c4c(-c5cc6c(cc5-c5ccc7oc8ccccc8c7c5)c5ccccc5n6-c5ccccc5)cccc43)n2)cc1. The van der Waals surface area contributed by atoms with Gasteiger partial charge in [-0.1, -0.05) is 152 Å². The van der Waals surface area contributed by atoms with Crippen LogP contribution >= 0.6 is 0 Å². The van der Waals surface area contributed by atoms with Crippen molar-refractivity contribution >= 4 is 65.6 Å². The molecule has 0 aliphatic heterocycles. The topological polar surface area (TPSA) is 48.8 Å². The van der Waals surface area contributed by atoms with E-state index in [1.165, 1.54) is 10.8 Å². The summed E-state index contributed by atoms with van der Waals surface area (Å²) < 4.78 is 11.0. The Balaban J connectivity index is 1.13. The van der Waals surface area contributed by atoms with Crippen LogP contribution in [0.1, 0.15) is 0 Å². The summed E-state index contributed by atoms with van der Waals surface area (Å²) in [5.74, 6) is 0.621. The Kier molecular flexibility index (Phi) is 7.84. The van der Waals surface area contributed by atoms with Gasteiger partial charge in [0.15, 0.2) is 0 Å². The van der Waals surface area contributed by atoms with Crippen molar-refractivity contribution < 1.29 is 4.42 Å². The molecule has 0 radical (unpaired) electrons. The second kappa shape index (κ2) is 14.0. The maximum atomic E-state index is 6.34. The number of aromatic nitrogens is 4. The van der Waals surface area contributed by atoms with Gasteiger partial charge < -0.3 is 8.98 Å². The molecular formula is C58H36N4O. The van der Waals surface area contributed by atoms with Gasteiger partial charge in [-0.2, -0.15) is 0 Å². The predicted octanol–water partition coefficient (Wildman–Crippen LogP) is 15.2. The van der Waals surface area contributed by atoms with Crippen LogP contribution in [0.5, 0.6) is 0 Å². The normalized spacial score (nSPS) is 11.8. The molecule has 294 valence electrons. The van der Waals surface area contributed by atoms with Crippen molar-refractivity contribution in [3.05, 3.63) is 218 Å². The van der Waals surface area contributed by atoms with E-state index in [1.54, 1.807) is 0 Å². The fourth-order valence-electron chi connectivity index (χ4n) is 9.73. The number of furan rings is 1. The van der Waals surface area contributed by atoms with Crippen molar-refractivity contribution in [1.29, 1.82) is 0 Å². The summed E-state index contributed by atoms with van der Waals surface area (Å²) in [4.78, 5) is 10.7. The Bertz CT molecular complexity index is 3840. The lowest BCUT2D eigenvalue weighted by atomic mass is 9.90. The molecule has 5 heteroatoms. The third-order valence-electron chi connectivity index (χ3n) is 12.6. The molecule has 4 aromatic heterocycles. The minimum Gasteiger partial charge on any atom is -0.456 e. The van der Waals surface area contributed by atoms with Gasteiger partial charge in [-0.15, -0.1) is 0 Å². The minimum atomic E-state index is 0.621. The first-order valence-electron chi connectivity index (χ1n) is 21.3. The van der Waals surface area contributed by atoms with Gasteiger partial charge in [-0.3, -0.25) is 4.57 Å². The zero-order valence-corrected chi connectivity index (χ0v) is 34.0. The number of para-hydroxylation sites is 4. The molecule has 13 rings (SSSR count). The highest BCUT2D eigenvalue weighted by molar-refractivity contribution is 6.19. The van der Waals surface area contributed by atoms with Crippen molar-refractivity contribution in [3.8, 4) is 56.4 Å². The summed E-state index contributed by atoms with van der Waals surface area (Å²) in [7, 11) is 0. The first-order valence-corrected chi connectivity index (χ1v) is 21.3. The van der Waals surface area contributed by atoms with Crippen LogP contribution < -0.4 is 0 Å². The predicted molar refractivity (Wildman–Crippen MR) is 260 cm³/mol. The Morgan fingerprint density at radius 1 is 0.317 bits per heavy atom. The van der Waals surface area contributed by atoms with Gasteiger partial charge in [0.1, 0.15) is 11.2 Å². The third-order valence-corrected chi connectivity index (χ3v) is 12.6. The monoisotopic (exact) mass is 804 g/mol. The van der Waals surface area contributed by atoms with Crippen LogP contribution in [0.4, 0.5) is 0 Å². The lowest BCUT2D eigenvalue weighted by Gasteiger charge is -2.15. The summed E-state index contributed by atoms with van der Waals surface area (Å²) in [6.07, 6.45) is 0. The lowest BCUT2D eigenvalue weighted by molar-refractivity contribution is 0.669. The maximum absolute atomic E-state index is 6.34. The second-order valence-corrected chi connectivity index (χ2v) is 16.1. The maximum Gasteiger partial charge on any atom is 0.235 e. The van der Waals surface area contributed by atoms with Gasteiger partial charge in [0.25, 0.3) is 0 Å².